The highest BCUT2D eigenvalue weighted by Crippen LogP contribution is 2.37. The number of carboxylic acid groups (broad SMARTS) is 1. The van der Waals surface area contributed by atoms with Crippen molar-refractivity contribution < 1.29 is 14.7 Å². The fourth-order valence-electron chi connectivity index (χ4n) is 2.69. The van der Waals surface area contributed by atoms with Crippen LogP contribution < -0.4 is 5.32 Å². The van der Waals surface area contributed by atoms with Crippen LogP contribution in [0.25, 0.3) is 0 Å². The van der Waals surface area contributed by atoms with Gasteiger partial charge in [-0.2, -0.15) is 5.26 Å². The predicted octanol–water partition coefficient (Wildman–Crippen LogP) is 2.84. The first kappa shape index (κ1) is 15.2. The number of nitrogens with one attached hydrogen (secondary N) is 1. The second-order valence-electron chi connectivity index (χ2n) is 5.19. The van der Waals surface area contributed by atoms with Crippen molar-refractivity contribution in [1.82, 2.24) is 4.98 Å². The lowest BCUT2D eigenvalue weighted by molar-refractivity contribution is 0.0691. The van der Waals surface area contributed by atoms with E-state index in [1.807, 2.05) is 0 Å². The number of amides is 1. The summed E-state index contributed by atoms with van der Waals surface area (Å²) in [5.41, 5.74) is 1.18. The third kappa shape index (κ3) is 2.81. The van der Waals surface area contributed by atoms with Gasteiger partial charge in [-0.1, -0.05) is 0 Å². The number of thiophene rings is 1. The summed E-state index contributed by atoms with van der Waals surface area (Å²) in [6.07, 6.45) is 5.24. The van der Waals surface area contributed by atoms with Gasteiger partial charge in [0.05, 0.1) is 11.1 Å². The van der Waals surface area contributed by atoms with E-state index in [9.17, 15) is 14.9 Å². The van der Waals surface area contributed by atoms with Crippen molar-refractivity contribution in [3.8, 4) is 6.07 Å². The molecule has 0 aliphatic heterocycles. The van der Waals surface area contributed by atoms with Crippen molar-refractivity contribution in [3.63, 3.8) is 0 Å². The minimum Gasteiger partial charge on any atom is -0.478 e. The molecule has 0 spiro atoms. The van der Waals surface area contributed by atoms with Gasteiger partial charge in [-0.15, -0.1) is 11.3 Å². The van der Waals surface area contributed by atoms with Crippen LogP contribution in [0.5, 0.6) is 0 Å². The molecule has 1 amide bonds. The number of carbonyl (C=O) groups excluding carboxylic acids is 1. The number of hydrogen-bond acceptors (Lipinski definition) is 5. The minimum atomic E-state index is -1.21. The zero-order valence-corrected chi connectivity index (χ0v) is 12.9. The van der Waals surface area contributed by atoms with Crippen molar-refractivity contribution in [2.45, 2.75) is 25.7 Å². The first-order valence-electron chi connectivity index (χ1n) is 7.16. The molecular weight excluding hydrogens is 314 g/mol. The molecule has 0 aromatic carbocycles. The highest BCUT2D eigenvalue weighted by atomic mass is 32.1. The molecule has 1 aliphatic carbocycles. The number of aryl methyl sites for hydroxylation is 1. The molecule has 0 saturated carbocycles. The van der Waals surface area contributed by atoms with Crippen LogP contribution in [-0.4, -0.2) is 22.0 Å². The lowest BCUT2D eigenvalue weighted by Gasteiger charge is -2.09. The molecule has 2 heterocycles. The molecule has 2 N–H and O–H groups in total. The van der Waals surface area contributed by atoms with Gasteiger partial charge in [0.15, 0.2) is 0 Å². The molecule has 0 atom stereocenters. The van der Waals surface area contributed by atoms with Gasteiger partial charge in [0, 0.05) is 11.1 Å². The molecule has 0 bridgehead atoms. The van der Waals surface area contributed by atoms with E-state index in [1.165, 1.54) is 29.7 Å². The molecule has 0 saturated heterocycles. The van der Waals surface area contributed by atoms with Crippen LogP contribution in [0.2, 0.25) is 0 Å². The summed E-state index contributed by atoms with van der Waals surface area (Å²) in [5.74, 6) is -1.83. The van der Waals surface area contributed by atoms with Crippen molar-refractivity contribution >= 4 is 28.2 Å². The van der Waals surface area contributed by atoms with Gasteiger partial charge in [0.1, 0.15) is 16.8 Å². The molecule has 2 aromatic heterocycles. The Morgan fingerprint density at radius 2 is 2.13 bits per heavy atom. The fraction of sp³-hybridized carbons (Fsp3) is 0.250. The first-order valence-corrected chi connectivity index (χ1v) is 7.97. The molecule has 1 aliphatic rings. The van der Waals surface area contributed by atoms with Gasteiger partial charge < -0.3 is 10.4 Å². The Morgan fingerprint density at radius 3 is 2.87 bits per heavy atom. The zero-order chi connectivity index (χ0) is 16.4. The summed E-state index contributed by atoms with van der Waals surface area (Å²) in [6, 6.07) is 4.95. The van der Waals surface area contributed by atoms with Crippen molar-refractivity contribution in [3.05, 3.63) is 45.6 Å². The van der Waals surface area contributed by atoms with E-state index >= 15 is 0 Å². The molecular formula is C16H13N3O3S. The summed E-state index contributed by atoms with van der Waals surface area (Å²) in [5, 5.41) is 21.7. The summed E-state index contributed by atoms with van der Waals surface area (Å²) in [7, 11) is 0. The number of hydrogen-bond donors (Lipinski definition) is 2. The molecule has 23 heavy (non-hydrogen) atoms. The maximum atomic E-state index is 12.4. The summed E-state index contributed by atoms with van der Waals surface area (Å²) in [4.78, 5) is 28.6. The number of rotatable bonds is 3. The molecule has 7 heteroatoms. The lowest BCUT2D eigenvalue weighted by atomic mass is 9.96. The SMILES string of the molecule is N#Cc1c(NC(=O)c2ncccc2C(=O)O)sc2c1CCCC2. The largest absolute Gasteiger partial charge is 0.478 e. The number of pyridine rings is 1. The maximum absolute atomic E-state index is 12.4. The highest BCUT2D eigenvalue weighted by Gasteiger charge is 2.24. The van der Waals surface area contributed by atoms with Crippen molar-refractivity contribution in [2.24, 2.45) is 0 Å². The van der Waals surface area contributed by atoms with Crippen LogP contribution in [0.15, 0.2) is 18.3 Å². The lowest BCUT2D eigenvalue weighted by Crippen LogP contribution is -2.18. The molecule has 3 rings (SSSR count). The zero-order valence-electron chi connectivity index (χ0n) is 12.1. The number of anilines is 1. The molecule has 116 valence electrons. The van der Waals surface area contributed by atoms with E-state index in [0.29, 0.717) is 10.6 Å². The van der Waals surface area contributed by atoms with Crippen molar-refractivity contribution in [2.75, 3.05) is 5.32 Å². The number of nitriles is 1. The Balaban J connectivity index is 1.94. The second kappa shape index (κ2) is 6.18. The number of aromatic carboxylic acids is 1. The van der Waals surface area contributed by atoms with E-state index in [2.05, 4.69) is 16.4 Å². The third-order valence-electron chi connectivity index (χ3n) is 3.76. The average molecular weight is 327 g/mol. The highest BCUT2D eigenvalue weighted by molar-refractivity contribution is 7.16. The number of carbonyl (C=O) groups is 2. The van der Waals surface area contributed by atoms with Gasteiger partial charge in [0.25, 0.3) is 5.91 Å². The van der Waals surface area contributed by atoms with Crippen molar-refractivity contribution in [1.29, 1.82) is 5.26 Å². The Bertz CT molecular complexity index is 836. The van der Waals surface area contributed by atoms with Crippen LogP contribution >= 0.6 is 11.3 Å². The molecule has 2 aromatic rings. The first-order chi connectivity index (χ1) is 11.1. The quantitative estimate of drug-likeness (QED) is 0.902. The van der Waals surface area contributed by atoms with Crippen LogP contribution in [-0.2, 0) is 12.8 Å². The van der Waals surface area contributed by atoms with E-state index in [0.717, 1.165) is 36.1 Å². The van der Waals surface area contributed by atoms with Crippen LogP contribution in [0.1, 0.15) is 49.7 Å². The Hall–Kier alpha value is -2.72. The minimum absolute atomic E-state index is 0.157. The van der Waals surface area contributed by atoms with Crippen LogP contribution in [0, 0.1) is 11.3 Å². The van der Waals surface area contributed by atoms with E-state index in [1.54, 1.807) is 0 Å². The van der Waals surface area contributed by atoms with Gasteiger partial charge in [-0.3, -0.25) is 9.78 Å². The number of aromatic nitrogens is 1. The molecule has 0 radical (unpaired) electrons. The smallest absolute Gasteiger partial charge is 0.338 e. The molecule has 0 fully saturated rings. The van der Waals surface area contributed by atoms with Crippen LogP contribution in [0.3, 0.4) is 0 Å². The van der Waals surface area contributed by atoms with Gasteiger partial charge in [-0.25, -0.2) is 4.79 Å². The summed E-state index contributed by atoms with van der Waals surface area (Å²) in [6.45, 7) is 0. The molecule has 0 unspecified atom stereocenters. The summed E-state index contributed by atoms with van der Waals surface area (Å²) >= 11 is 1.39. The number of nitrogens with zero attached hydrogens (tertiary/aromatic N) is 2. The van der Waals surface area contributed by atoms with Gasteiger partial charge in [0.2, 0.25) is 0 Å². The summed E-state index contributed by atoms with van der Waals surface area (Å²) < 4.78 is 0. The topological polar surface area (TPSA) is 103 Å². The van der Waals surface area contributed by atoms with Crippen LogP contribution in [0.4, 0.5) is 5.00 Å². The second-order valence-corrected chi connectivity index (χ2v) is 6.29. The Morgan fingerprint density at radius 1 is 1.35 bits per heavy atom. The normalized spacial score (nSPS) is 13.0. The average Bonchev–Trinajstić information content (AvgIpc) is 2.91. The Labute approximate surface area is 136 Å². The number of carboxylic acids is 1. The maximum Gasteiger partial charge on any atom is 0.338 e. The fourth-order valence-corrected chi connectivity index (χ4v) is 3.93. The third-order valence-corrected chi connectivity index (χ3v) is 4.97. The van der Waals surface area contributed by atoms with E-state index in [-0.39, 0.29) is 11.3 Å². The predicted molar refractivity (Wildman–Crippen MR) is 84.8 cm³/mol. The standard InChI is InChI=1S/C16H13N3O3S/c17-8-11-9-4-1-2-6-12(9)23-15(11)19-14(20)13-10(16(21)22)5-3-7-18-13/h3,5,7H,1-2,4,6H2,(H,19,20)(H,21,22). The van der Waals surface area contributed by atoms with E-state index in [4.69, 9.17) is 5.11 Å². The monoisotopic (exact) mass is 327 g/mol. The van der Waals surface area contributed by atoms with E-state index < -0.39 is 11.9 Å². The van der Waals surface area contributed by atoms with Gasteiger partial charge in [-0.05, 0) is 43.4 Å². The molecule has 6 nitrogen and oxygen atoms in total. The van der Waals surface area contributed by atoms with Gasteiger partial charge >= 0.3 is 5.97 Å². The Kier molecular flexibility index (Phi) is 4.08. The number of fused-ring (bicyclic) bond motifs is 1.